The van der Waals surface area contributed by atoms with Crippen LogP contribution in [-0.2, 0) is 10.5 Å². The molecule has 1 aromatic heterocycles. The van der Waals surface area contributed by atoms with Crippen molar-refractivity contribution < 1.29 is 9.21 Å². The van der Waals surface area contributed by atoms with E-state index in [1.54, 1.807) is 11.8 Å². The normalized spacial score (nSPS) is 12.3. The topological polar surface area (TPSA) is 68.0 Å². The summed E-state index contributed by atoms with van der Waals surface area (Å²) in [6.45, 7) is 4.22. The second-order valence-corrected chi connectivity index (χ2v) is 6.44. The molecule has 0 aliphatic carbocycles. The third-order valence-corrected chi connectivity index (χ3v) is 4.05. The maximum absolute atomic E-state index is 11.8. The van der Waals surface area contributed by atoms with Crippen molar-refractivity contribution in [1.82, 2.24) is 15.5 Å². The number of thioether (sulfide) groups is 2. The Balaban J connectivity index is 2.21. The Hall–Kier alpha value is -0.690. The minimum Gasteiger partial charge on any atom is -0.415 e. The molecule has 1 heterocycles. The Morgan fingerprint density at radius 3 is 2.90 bits per heavy atom. The number of hydrogen-bond donors (Lipinski definition) is 1. The van der Waals surface area contributed by atoms with Gasteiger partial charge in [-0.25, -0.2) is 0 Å². The zero-order chi connectivity index (χ0) is 14.8. The Kier molecular flexibility index (Phi) is 8.77. The number of aromatic nitrogens is 2. The molecule has 0 aromatic carbocycles. The van der Waals surface area contributed by atoms with Gasteiger partial charge in [-0.3, -0.25) is 4.79 Å². The molecule has 0 aliphatic heterocycles. The molecule has 1 aromatic rings. The second-order valence-electron chi connectivity index (χ2n) is 4.65. The summed E-state index contributed by atoms with van der Waals surface area (Å²) in [6, 6.07) is 0.226. The van der Waals surface area contributed by atoms with E-state index in [4.69, 9.17) is 4.42 Å². The molecule has 1 unspecified atom stereocenters. The Morgan fingerprint density at radius 1 is 1.40 bits per heavy atom. The van der Waals surface area contributed by atoms with Crippen LogP contribution in [0.3, 0.4) is 0 Å². The summed E-state index contributed by atoms with van der Waals surface area (Å²) in [5, 5.41) is 11.3. The zero-order valence-corrected chi connectivity index (χ0v) is 14.0. The molecule has 1 atom stereocenters. The predicted molar refractivity (Wildman–Crippen MR) is 84.0 cm³/mol. The lowest BCUT2D eigenvalue weighted by atomic mass is 10.1. The van der Waals surface area contributed by atoms with Crippen molar-refractivity contribution in [2.75, 3.05) is 12.0 Å². The molecule has 0 saturated heterocycles. The van der Waals surface area contributed by atoms with Crippen LogP contribution in [0.15, 0.2) is 9.64 Å². The van der Waals surface area contributed by atoms with E-state index < -0.39 is 0 Å². The van der Waals surface area contributed by atoms with Crippen molar-refractivity contribution in [2.24, 2.45) is 0 Å². The van der Waals surface area contributed by atoms with Gasteiger partial charge in [0.15, 0.2) is 0 Å². The van der Waals surface area contributed by atoms with Crippen LogP contribution < -0.4 is 5.32 Å². The molecule has 1 rings (SSSR count). The molecule has 0 bridgehead atoms. The van der Waals surface area contributed by atoms with Gasteiger partial charge in [0.05, 0.1) is 11.5 Å². The number of carbonyl (C=O) groups is 1. The van der Waals surface area contributed by atoms with Gasteiger partial charge in [0.25, 0.3) is 5.22 Å². The fraction of sp³-hybridized carbons (Fsp3) is 0.769. The molecule has 1 amide bonds. The van der Waals surface area contributed by atoms with Gasteiger partial charge in [-0.2, -0.15) is 11.8 Å². The summed E-state index contributed by atoms with van der Waals surface area (Å²) in [5.41, 5.74) is 0. The fourth-order valence-electron chi connectivity index (χ4n) is 1.69. The molecule has 0 spiro atoms. The number of nitrogens with one attached hydrogen (secondary N) is 1. The van der Waals surface area contributed by atoms with E-state index in [2.05, 4.69) is 22.4 Å². The lowest BCUT2D eigenvalue weighted by Gasteiger charge is -2.12. The number of unbranched alkanes of at least 4 members (excludes halogenated alkanes) is 2. The standard InChI is InChI=1S/C13H23N3O2S2/c1-4-5-6-7-10(2)14-11(17)8-20-13-16-15-12(18-13)9-19-3/h10H,4-9H2,1-3H3,(H,14,17). The smallest absolute Gasteiger partial charge is 0.277 e. The number of amides is 1. The number of rotatable bonds is 10. The lowest BCUT2D eigenvalue weighted by Crippen LogP contribution is -2.33. The first-order valence-corrected chi connectivity index (χ1v) is 9.27. The third kappa shape index (κ3) is 7.19. The van der Waals surface area contributed by atoms with E-state index in [-0.39, 0.29) is 11.9 Å². The summed E-state index contributed by atoms with van der Waals surface area (Å²) >= 11 is 2.91. The first-order valence-electron chi connectivity index (χ1n) is 6.89. The molecule has 0 radical (unpaired) electrons. The van der Waals surface area contributed by atoms with Crippen LogP contribution in [0.2, 0.25) is 0 Å². The van der Waals surface area contributed by atoms with Gasteiger partial charge in [0, 0.05) is 6.04 Å². The van der Waals surface area contributed by atoms with Crippen LogP contribution in [0, 0.1) is 0 Å². The highest BCUT2D eigenvalue weighted by Gasteiger charge is 2.11. The summed E-state index contributed by atoms with van der Waals surface area (Å²) in [4.78, 5) is 11.8. The van der Waals surface area contributed by atoms with Gasteiger partial charge >= 0.3 is 0 Å². The van der Waals surface area contributed by atoms with Crippen molar-refractivity contribution in [3.8, 4) is 0 Å². The lowest BCUT2D eigenvalue weighted by molar-refractivity contribution is -0.119. The van der Waals surface area contributed by atoms with Gasteiger partial charge in [0.1, 0.15) is 0 Å². The highest BCUT2D eigenvalue weighted by atomic mass is 32.2. The quantitative estimate of drug-likeness (QED) is 0.528. The highest BCUT2D eigenvalue weighted by molar-refractivity contribution is 7.99. The zero-order valence-electron chi connectivity index (χ0n) is 12.3. The largest absolute Gasteiger partial charge is 0.415 e. The van der Waals surface area contributed by atoms with E-state index in [1.165, 1.54) is 24.6 Å². The average Bonchev–Trinajstić information content (AvgIpc) is 2.85. The average molecular weight is 317 g/mol. The molecule has 0 saturated carbocycles. The van der Waals surface area contributed by atoms with Crippen LogP contribution in [0.1, 0.15) is 45.4 Å². The Labute approximate surface area is 129 Å². The van der Waals surface area contributed by atoms with Gasteiger partial charge in [0.2, 0.25) is 11.8 Å². The van der Waals surface area contributed by atoms with E-state index >= 15 is 0 Å². The summed E-state index contributed by atoms with van der Waals surface area (Å²) in [5.74, 6) is 1.64. The van der Waals surface area contributed by atoms with E-state index in [0.29, 0.717) is 22.6 Å². The molecule has 7 heteroatoms. The molecular formula is C13H23N3O2S2. The first-order chi connectivity index (χ1) is 9.65. The number of carbonyl (C=O) groups excluding carboxylic acids is 1. The van der Waals surface area contributed by atoms with Crippen molar-refractivity contribution >= 4 is 29.4 Å². The summed E-state index contributed by atoms with van der Waals surface area (Å²) in [6.07, 6.45) is 6.58. The van der Waals surface area contributed by atoms with Crippen molar-refractivity contribution in [3.05, 3.63) is 5.89 Å². The maximum Gasteiger partial charge on any atom is 0.277 e. The van der Waals surface area contributed by atoms with E-state index in [9.17, 15) is 4.79 Å². The summed E-state index contributed by atoms with van der Waals surface area (Å²) in [7, 11) is 0. The van der Waals surface area contributed by atoms with Crippen LogP contribution in [0.25, 0.3) is 0 Å². The van der Waals surface area contributed by atoms with Crippen molar-refractivity contribution in [1.29, 1.82) is 0 Å². The monoisotopic (exact) mass is 317 g/mol. The molecule has 20 heavy (non-hydrogen) atoms. The molecule has 114 valence electrons. The van der Waals surface area contributed by atoms with Gasteiger partial charge in [-0.05, 0) is 19.6 Å². The fourth-order valence-corrected chi connectivity index (χ4v) is 2.65. The molecule has 0 fully saturated rings. The number of hydrogen-bond acceptors (Lipinski definition) is 6. The Morgan fingerprint density at radius 2 is 2.20 bits per heavy atom. The van der Waals surface area contributed by atoms with Crippen molar-refractivity contribution in [2.45, 2.75) is 56.5 Å². The summed E-state index contributed by atoms with van der Waals surface area (Å²) < 4.78 is 5.40. The van der Waals surface area contributed by atoms with Crippen LogP contribution >= 0.6 is 23.5 Å². The van der Waals surface area contributed by atoms with E-state index in [1.807, 2.05) is 13.2 Å². The molecule has 1 N–H and O–H groups in total. The molecule has 0 aliphatic rings. The van der Waals surface area contributed by atoms with Gasteiger partial charge in [-0.1, -0.05) is 37.9 Å². The van der Waals surface area contributed by atoms with Crippen LogP contribution in [0.4, 0.5) is 0 Å². The SMILES string of the molecule is CCCCCC(C)NC(=O)CSc1nnc(CSC)o1. The number of nitrogens with zero attached hydrogens (tertiary/aromatic N) is 2. The van der Waals surface area contributed by atoms with E-state index in [0.717, 1.165) is 12.8 Å². The first kappa shape index (κ1) is 17.4. The molecule has 5 nitrogen and oxygen atoms in total. The van der Waals surface area contributed by atoms with Gasteiger partial charge in [-0.15, -0.1) is 10.2 Å². The third-order valence-electron chi connectivity index (χ3n) is 2.69. The minimum atomic E-state index is 0.0172. The Bertz CT molecular complexity index is 399. The van der Waals surface area contributed by atoms with Crippen LogP contribution in [0.5, 0.6) is 0 Å². The predicted octanol–water partition coefficient (Wildman–Crippen LogP) is 3.11. The van der Waals surface area contributed by atoms with Gasteiger partial charge < -0.3 is 9.73 Å². The second kappa shape index (κ2) is 10.1. The molecular weight excluding hydrogens is 294 g/mol. The maximum atomic E-state index is 11.8. The highest BCUT2D eigenvalue weighted by Crippen LogP contribution is 2.17. The van der Waals surface area contributed by atoms with Crippen molar-refractivity contribution in [3.63, 3.8) is 0 Å². The van der Waals surface area contributed by atoms with Crippen LogP contribution in [-0.4, -0.2) is 34.2 Å². The minimum absolute atomic E-state index is 0.0172.